The molecule has 33 heavy (non-hydrogen) atoms. The van der Waals surface area contributed by atoms with Gasteiger partial charge in [0.25, 0.3) is 0 Å². The van der Waals surface area contributed by atoms with Crippen LogP contribution in [0.5, 0.6) is 0 Å². The fourth-order valence-corrected chi connectivity index (χ4v) is 5.44. The molecular formula is C22H21F4N5OS. The van der Waals surface area contributed by atoms with Gasteiger partial charge in [-0.1, -0.05) is 6.08 Å². The van der Waals surface area contributed by atoms with Crippen molar-refractivity contribution in [3.05, 3.63) is 69.5 Å². The Bertz CT molecular complexity index is 1150. The molecule has 1 aromatic carbocycles. The molecule has 0 aliphatic carbocycles. The van der Waals surface area contributed by atoms with Crippen molar-refractivity contribution < 1.29 is 17.6 Å². The van der Waals surface area contributed by atoms with Gasteiger partial charge in [-0.3, -0.25) is 4.57 Å². The summed E-state index contributed by atoms with van der Waals surface area (Å²) in [4.78, 5) is 24.6. The second-order valence-electron chi connectivity index (χ2n) is 8.52. The maximum absolute atomic E-state index is 13.2. The number of hydrogen-bond acceptors (Lipinski definition) is 6. The topological polar surface area (TPSA) is 54.3 Å². The predicted octanol–water partition coefficient (Wildman–Crippen LogP) is 3.47. The van der Waals surface area contributed by atoms with Gasteiger partial charge >= 0.3 is 11.9 Å². The largest absolute Gasteiger partial charge is 0.422 e. The van der Waals surface area contributed by atoms with Gasteiger partial charge in [-0.25, -0.2) is 14.2 Å². The van der Waals surface area contributed by atoms with Crippen LogP contribution in [0, 0.1) is 17.7 Å². The van der Waals surface area contributed by atoms with Gasteiger partial charge in [-0.05, 0) is 35.9 Å². The third kappa shape index (κ3) is 4.64. The number of fused-ring (bicyclic) bond motifs is 1. The summed E-state index contributed by atoms with van der Waals surface area (Å²) in [6.07, 6.45) is -0.480. The zero-order valence-corrected chi connectivity index (χ0v) is 18.3. The minimum Gasteiger partial charge on any atom is -0.371 e. The van der Waals surface area contributed by atoms with Crippen LogP contribution >= 0.6 is 11.8 Å². The lowest BCUT2D eigenvalue weighted by atomic mass is 10.0. The highest BCUT2D eigenvalue weighted by Crippen LogP contribution is 2.38. The summed E-state index contributed by atoms with van der Waals surface area (Å²) in [7, 11) is 0. The van der Waals surface area contributed by atoms with Crippen LogP contribution in [0.4, 0.5) is 29.2 Å². The Labute approximate surface area is 191 Å². The Morgan fingerprint density at radius 3 is 2.24 bits per heavy atom. The molecule has 0 N–H and O–H groups in total. The van der Waals surface area contributed by atoms with Gasteiger partial charge in [0.1, 0.15) is 12.1 Å². The summed E-state index contributed by atoms with van der Waals surface area (Å²) in [6, 6.07) is 6.51. The van der Waals surface area contributed by atoms with Crippen molar-refractivity contribution in [2.24, 2.45) is 11.8 Å². The van der Waals surface area contributed by atoms with Gasteiger partial charge in [-0.2, -0.15) is 18.2 Å². The summed E-state index contributed by atoms with van der Waals surface area (Å²) in [5.74, 6) is 1.10. The lowest BCUT2D eigenvalue weighted by Crippen LogP contribution is -2.33. The minimum atomic E-state index is -4.35. The fraction of sp³-hybridized carbons (Fsp3) is 0.409. The fourth-order valence-electron chi connectivity index (χ4n) is 4.58. The average molecular weight is 480 g/mol. The number of alkyl halides is 3. The molecule has 4 heterocycles. The summed E-state index contributed by atoms with van der Waals surface area (Å²) in [5, 5.41) is 0. The molecule has 1 aromatic heterocycles. The highest BCUT2D eigenvalue weighted by molar-refractivity contribution is 8.03. The van der Waals surface area contributed by atoms with Crippen molar-refractivity contribution in [1.29, 1.82) is 0 Å². The molecule has 3 aliphatic rings. The molecule has 2 atom stereocenters. The molecule has 0 bridgehead atoms. The van der Waals surface area contributed by atoms with E-state index in [0.29, 0.717) is 35.1 Å². The number of benzene rings is 1. The number of thioether (sulfide) groups is 1. The van der Waals surface area contributed by atoms with Gasteiger partial charge in [0, 0.05) is 49.5 Å². The van der Waals surface area contributed by atoms with E-state index < -0.39 is 16.8 Å². The number of hydrogen-bond donors (Lipinski definition) is 0. The molecule has 2 unspecified atom stereocenters. The summed E-state index contributed by atoms with van der Waals surface area (Å²) in [6.45, 7) is 3.33. The normalized spacial score (nSPS) is 22.9. The summed E-state index contributed by atoms with van der Waals surface area (Å²) >= 11 is 0.716. The van der Waals surface area contributed by atoms with Gasteiger partial charge in [0.05, 0.1) is 11.4 Å². The molecule has 11 heteroatoms. The molecular weight excluding hydrogens is 458 g/mol. The highest BCUT2D eigenvalue weighted by Gasteiger charge is 2.41. The van der Waals surface area contributed by atoms with Crippen LogP contribution < -0.4 is 15.5 Å². The van der Waals surface area contributed by atoms with E-state index in [1.807, 2.05) is 4.90 Å². The lowest BCUT2D eigenvalue weighted by Gasteiger charge is -2.23. The molecule has 0 radical (unpaired) electrons. The summed E-state index contributed by atoms with van der Waals surface area (Å²) in [5.41, 5.74) is 1.23. The minimum absolute atomic E-state index is 0.158. The second kappa shape index (κ2) is 8.51. The molecule has 2 fully saturated rings. The average Bonchev–Trinajstić information content (AvgIpc) is 3.35. The number of allylic oxidation sites excluding steroid dienone is 3. The third-order valence-corrected chi connectivity index (χ3v) is 7.44. The van der Waals surface area contributed by atoms with Crippen LogP contribution in [0.3, 0.4) is 0 Å². The molecule has 0 spiro atoms. The quantitative estimate of drug-likeness (QED) is 0.626. The van der Waals surface area contributed by atoms with E-state index in [4.69, 9.17) is 0 Å². The first-order chi connectivity index (χ1) is 15.8. The van der Waals surface area contributed by atoms with E-state index in [2.05, 4.69) is 14.9 Å². The van der Waals surface area contributed by atoms with Crippen LogP contribution in [-0.2, 0) is 6.54 Å². The molecule has 2 aromatic rings. The maximum Gasteiger partial charge on any atom is 0.422 e. The SMILES string of the molecule is O=c1nc(N2CC3CN(c4ccc(F)cc4)CC3C2)ncn1CC1=CC=C(C(F)(F)F)SC1. The Kier molecular flexibility index (Phi) is 5.67. The van der Waals surface area contributed by atoms with Gasteiger partial charge in [-0.15, -0.1) is 11.8 Å². The summed E-state index contributed by atoms with van der Waals surface area (Å²) < 4.78 is 52.7. The van der Waals surface area contributed by atoms with Gasteiger partial charge in [0.15, 0.2) is 0 Å². The van der Waals surface area contributed by atoms with Crippen molar-refractivity contribution in [3.63, 3.8) is 0 Å². The maximum atomic E-state index is 13.2. The molecule has 6 nitrogen and oxygen atoms in total. The number of nitrogens with zero attached hydrogens (tertiary/aromatic N) is 5. The first kappa shape index (κ1) is 22.0. The number of halogens is 4. The Hall–Kier alpha value is -2.82. The van der Waals surface area contributed by atoms with Crippen molar-refractivity contribution in [2.75, 3.05) is 41.7 Å². The van der Waals surface area contributed by atoms with E-state index in [1.165, 1.54) is 29.1 Å². The molecule has 0 amide bonds. The first-order valence-corrected chi connectivity index (χ1v) is 11.5. The third-order valence-electron chi connectivity index (χ3n) is 6.25. The molecule has 5 rings (SSSR count). The van der Waals surface area contributed by atoms with Crippen LogP contribution in [-0.4, -0.2) is 52.6 Å². The number of aromatic nitrogens is 3. The lowest BCUT2D eigenvalue weighted by molar-refractivity contribution is -0.0836. The van der Waals surface area contributed by atoms with Crippen molar-refractivity contribution >= 4 is 23.4 Å². The predicted molar refractivity (Wildman–Crippen MR) is 119 cm³/mol. The van der Waals surface area contributed by atoms with Crippen molar-refractivity contribution in [3.8, 4) is 0 Å². The molecule has 174 valence electrons. The zero-order chi connectivity index (χ0) is 23.2. The molecule has 0 saturated carbocycles. The monoisotopic (exact) mass is 479 g/mol. The van der Waals surface area contributed by atoms with E-state index in [9.17, 15) is 22.4 Å². The van der Waals surface area contributed by atoms with Crippen LogP contribution in [0.2, 0.25) is 0 Å². The van der Waals surface area contributed by atoms with E-state index >= 15 is 0 Å². The molecule has 2 saturated heterocycles. The smallest absolute Gasteiger partial charge is 0.371 e. The standard InChI is InChI=1S/C22H21F4N5OS/c23-17-2-4-18(5-3-17)29-8-15-10-30(11-16(15)9-29)20-27-13-31(21(32)28-20)7-14-1-6-19(33-12-14)22(24,25)26/h1-6,13,15-16H,7-12H2. The van der Waals surface area contributed by atoms with Gasteiger partial charge in [0.2, 0.25) is 5.95 Å². The van der Waals surface area contributed by atoms with Gasteiger partial charge < -0.3 is 9.80 Å². The second-order valence-corrected chi connectivity index (χ2v) is 9.53. The van der Waals surface area contributed by atoms with Crippen LogP contribution in [0.1, 0.15) is 0 Å². The highest BCUT2D eigenvalue weighted by atomic mass is 32.2. The molecule has 3 aliphatic heterocycles. The number of rotatable bonds is 4. The van der Waals surface area contributed by atoms with Crippen LogP contribution in [0.15, 0.2) is 58.0 Å². The van der Waals surface area contributed by atoms with Crippen LogP contribution in [0.25, 0.3) is 0 Å². The first-order valence-electron chi connectivity index (χ1n) is 10.5. The Balaban J connectivity index is 1.22. The Morgan fingerprint density at radius 1 is 1.00 bits per heavy atom. The van der Waals surface area contributed by atoms with Crippen molar-refractivity contribution in [1.82, 2.24) is 14.5 Å². The van der Waals surface area contributed by atoms with E-state index in [-0.39, 0.29) is 18.1 Å². The van der Waals surface area contributed by atoms with E-state index in [1.54, 1.807) is 12.1 Å². The Morgan fingerprint density at radius 2 is 1.67 bits per heavy atom. The zero-order valence-electron chi connectivity index (χ0n) is 17.5. The van der Waals surface area contributed by atoms with E-state index in [0.717, 1.165) is 37.9 Å². The number of anilines is 2. The van der Waals surface area contributed by atoms with Crippen molar-refractivity contribution in [2.45, 2.75) is 12.7 Å².